The molecule has 0 saturated carbocycles. The predicted octanol–water partition coefficient (Wildman–Crippen LogP) is -0.110. The van der Waals surface area contributed by atoms with Crippen LogP contribution in [-0.4, -0.2) is 30.7 Å². The zero-order valence-corrected chi connectivity index (χ0v) is 14.1. The van der Waals surface area contributed by atoms with Crippen LogP contribution in [0.4, 0.5) is 0 Å². The lowest BCUT2D eigenvalue weighted by Crippen LogP contribution is -2.79. The summed E-state index contributed by atoms with van der Waals surface area (Å²) in [6.45, 7) is 3.58. The van der Waals surface area contributed by atoms with Gasteiger partial charge in [-0.15, -0.1) is 0 Å². The number of hydrogen-bond donors (Lipinski definition) is 4. The smallest absolute Gasteiger partial charge is 0.274 e. The van der Waals surface area contributed by atoms with Crippen molar-refractivity contribution in [3.63, 3.8) is 0 Å². The second-order valence-electron chi connectivity index (χ2n) is 5.85. The van der Waals surface area contributed by atoms with Crippen molar-refractivity contribution in [3.05, 3.63) is 70.8 Å². The van der Waals surface area contributed by atoms with E-state index in [0.29, 0.717) is 11.1 Å². The largest absolute Gasteiger partial charge is 0.275 e. The van der Waals surface area contributed by atoms with Crippen LogP contribution < -0.4 is 21.2 Å². The minimum absolute atomic E-state index is 0.342. The highest BCUT2D eigenvalue weighted by molar-refractivity contribution is 6.08. The van der Waals surface area contributed by atoms with Crippen LogP contribution in [0.1, 0.15) is 38.3 Å². The van der Waals surface area contributed by atoms with Gasteiger partial charge in [-0.25, -0.2) is 0 Å². The maximum atomic E-state index is 12.5. The third kappa shape index (κ3) is 3.85. The van der Waals surface area contributed by atoms with Gasteiger partial charge in [-0.3, -0.25) is 30.7 Å². The molecule has 0 bridgehead atoms. The molecule has 1 heterocycles. The van der Waals surface area contributed by atoms with Crippen molar-refractivity contribution in [3.8, 4) is 0 Å². The Balaban J connectivity index is 1.73. The van der Waals surface area contributed by atoms with E-state index >= 15 is 0 Å². The second-order valence-corrected chi connectivity index (χ2v) is 5.85. The van der Waals surface area contributed by atoms with E-state index in [-0.39, 0.29) is 11.8 Å². The molecule has 0 aliphatic carbocycles. The minimum atomic E-state index is -0.362. The van der Waals surface area contributed by atoms with Crippen molar-refractivity contribution < 1.29 is 14.6 Å². The normalized spacial score (nSPS) is 13.4. The van der Waals surface area contributed by atoms with E-state index in [1.807, 2.05) is 31.2 Å². The molecule has 0 atom stereocenters. The van der Waals surface area contributed by atoms with Gasteiger partial charge in [0, 0.05) is 12.0 Å². The van der Waals surface area contributed by atoms with Gasteiger partial charge in [0.1, 0.15) is 0 Å². The van der Waals surface area contributed by atoms with Crippen molar-refractivity contribution in [1.29, 1.82) is 0 Å². The summed E-state index contributed by atoms with van der Waals surface area (Å²) in [4.78, 5) is 28.0. The Bertz CT molecular complexity index is 830. The Labute approximate surface area is 146 Å². The first-order valence-electron chi connectivity index (χ1n) is 8.27. The zero-order chi connectivity index (χ0) is 17.6. The van der Waals surface area contributed by atoms with Gasteiger partial charge in [-0.1, -0.05) is 30.3 Å². The molecule has 25 heavy (non-hydrogen) atoms. The van der Waals surface area contributed by atoms with Crippen LogP contribution in [0.3, 0.4) is 0 Å². The summed E-state index contributed by atoms with van der Waals surface area (Å²) in [6.07, 6.45) is 1.03. The predicted molar refractivity (Wildman–Crippen MR) is 95.1 cm³/mol. The fraction of sp³-hybridized carbons (Fsp3) is 0.211. The molecule has 6 heteroatoms. The quantitative estimate of drug-likeness (QED) is 0.590. The molecule has 0 aromatic heterocycles. The molecule has 0 spiro atoms. The summed E-state index contributed by atoms with van der Waals surface area (Å²) in [5.74, 6) is 0.131. The first-order valence-corrected chi connectivity index (χ1v) is 8.27. The lowest BCUT2D eigenvalue weighted by molar-refractivity contribution is -0.463. The Morgan fingerprint density at radius 3 is 2.28 bits per heavy atom. The molecular weight excluding hydrogens is 316 g/mol. The fourth-order valence-corrected chi connectivity index (χ4v) is 2.74. The first kappa shape index (κ1) is 16.7. The number of nitrogens with one attached hydrogen (secondary N) is 4. The van der Waals surface area contributed by atoms with Gasteiger partial charge in [-0.2, -0.15) is 0 Å². The van der Waals surface area contributed by atoms with E-state index < -0.39 is 0 Å². The van der Waals surface area contributed by atoms with E-state index in [0.717, 1.165) is 36.5 Å². The van der Waals surface area contributed by atoms with Gasteiger partial charge in [0.2, 0.25) is 0 Å². The standard InChI is InChI=1S/C19H20N4O2/c1-13-7-2-3-8-14(13)18(24)22-23-19(25)16-10-5-4-9-15(16)17-20-11-6-12-21-17/h2-5,7-10H,6,11-12H2,1H3,(H,20,21)(H,22,24)(H,23,25)/p+1. The lowest BCUT2D eigenvalue weighted by atomic mass is 10.1. The van der Waals surface area contributed by atoms with Crippen LogP contribution in [0.25, 0.3) is 0 Å². The summed E-state index contributed by atoms with van der Waals surface area (Å²) < 4.78 is 0. The van der Waals surface area contributed by atoms with Crippen LogP contribution in [0.5, 0.6) is 0 Å². The maximum absolute atomic E-state index is 12.5. The average molecular weight is 337 g/mol. The van der Waals surface area contributed by atoms with Crippen molar-refractivity contribution in [2.45, 2.75) is 13.3 Å². The first-order chi connectivity index (χ1) is 12.2. The Kier molecular flexibility index (Phi) is 5.09. The highest BCUT2D eigenvalue weighted by Crippen LogP contribution is 2.09. The van der Waals surface area contributed by atoms with E-state index in [9.17, 15) is 9.59 Å². The van der Waals surface area contributed by atoms with Gasteiger partial charge in [0.15, 0.2) is 0 Å². The van der Waals surface area contributed by atoms with E-state index in [1.54, 1.807) is 24.3 Å². The molecule has 1 aliphatic rings. The van der Waals surface area contributed by atoms with Crippen LogP contribution >= 0.6 is 0 Å². The third-order valence-corrected chi connectivity index (χ3v) is 4.08. The molecule has 4 N–H and O–H groups in total. The number of aryl methyl sites for hydroxylation is 1. The maximum Gasteiger partial charge on any atom is 0.275 e. The summed E-state index contributed by atoms with van der Waals surface area (Å²) in [7, 11) is 0. The Hall–Kier alpha value is -3.15. The molecular formula is C19H21N4O2+. The number of carbonyl (C=O) groups is 2. The van der Waals surface area contributed by atoms with Crippen LogP contribution in [0.2, 0.25) is 0 Å². The highest BCUT2D eigenvalue weighted by atomic mass is 16.2. The summed E-state index contributed by atoms with van der Waals surface area (Å²) >= 11 is 0. The van der Waals surface area contributed by atoms with Crippen molar-refractivity contribution in [1.82, 2.24) is 16.2 Å². The molecule has 0 unspecified atom stereocenters. The van der Waals surface area contributed by atoms with Gasteiger partial charge in [0.25, 0.3) is 17.6 Å². The monoisotopic (exact) mass is 337 g/mol. The van der Waals surface area contributed by atoms with Crippen molar-refractivity contribution in [2.75, 3.05) is 13.1 Å². The number of hydrazine groups is 1. The molecule has 0 saturated heterocycles. The SMILES string of the molecule is Cc1ccccc1C(=O)NNC(=O)c1ccccc1C1=[NH+]CCCN1. The van der Waals surface area contributed by atoms with E-state index in [2.05, 4.69) is 21.2 Å². The number of amidine groups is 1. The highest BCUT2D eigenvalue weighted by Gasteiger charge is 2.21. The lowest BCUT2D eigenvalue weighted by Gasteiger charge is -2.13. The molecule has 3 rings (SSSR count). The zero-order valence-electron chi connectivity index (χ0n) is 14.1. The summed E-state index contributed by atoms with van der Waals surface area (Å²) in [5.41, 5.74) is 7.63. The van der Waals surface area contributed by atoms with Gasteiger partial charge >= 0.3 is 0 Å². The number of carbonyl (C=O) groups excluding carboxylic acids is 2. The second kappa shape index (κ2) is 7.61. The minimum Gasteiger partial charge on any atom is -0.274 e. The average Bonchev–Trinajstić information content (AvgIpc) is 2.67. The summed E-state index contributed by atoms with van der Waals surface area (Å²) in [6, 6.07) is 14.5. The summed E-state index contributed by atoms with van der Waals surface area (Å²) in [5, 5.41) is 3.27. The van der Waals surface area contributed by atoms with E-state index in [4.69, 9.17) is 0 Å². The fourth-order valence-electron chi connectivity index (χ4n) is 2.74. The molecule has 0 fully saturated rings. The third-order valence-electron chi connectivity index (χ3n) is 4.08. The van der Waals surface area contributed by atoms with Crippen molar-refractivity contribution in [2.24, 2.45) is 0 Å². The van der Waals surface area contributed by atoms with Crippen LogP contribution in [0, 0.1) is 6.92 Å². The van der Waals surface area contributed by atoms with E-state index in [1.165, 1.54) is 0 Å². The molecule has 0 radical (unpaired) electrons. The molecule has 128 valence electrons. The number of benzene rings is 2. The van der Waals surface area contributed by atoms with Crippen LogP contribution in [0.15, 0.2) is 48.5 Å². The molecule has 2 aromatic carbocycles. The Morgan fingerprint density at radius 2 is 1.60 bits per heavy atom. The molecule has 1 aliphatic heterocycles. The Morgan fingerprint density at radius 1 is 0.960 bits per heavy atom. The molecule has 6 nitrogen and oxygen atoms in total. The van der Waals surface area contributed by atoms with Gasteiger partial charge in [-0.05, 0) is 30.7 Å². The molecule has 2 amide bonds. The van der Waals surface area contributed by atoms with Crippen LogP contribution in [-0.2, 0) is 0 Å². The number of hydrogen-bond acceptors (Lipinski definition) is 3. The molecule has 2 aromatic rings. The number of amides is 2. The topological polar surface area (TPSA) is 84.2 Å². The van der Waals surface area contributed by atoms with Gasteiger partial charge < -0.3 is 0 Å². The van der Waals surface area contributed by atoms with Gasteiger partial charge in [0.05, 0.1) is 24.2 Å². The number of rotatable bonds is 3. The van der Waals surface area contributed by atoms with Crippen molar-refractivity contribution >= 4 is 17.6 Å².